The SMILES string of the molecule is C=Cc1cc(NC2(/C=C\N=CN)CCCC2)c(=O)n2c1C(=O)NC2(C)C. The molecule has 1 fully saturated rings. The highest BCUT2D eigenvalue weighted by atomic mass is 16.2. The number of fused-ring (bicyclic) bond motifs is 1. The van der Waals surface area contributed by atoms with Gasteiger partial charge in [0.05, 0.1) is 11.9 Å². The maximum atomic E-state index is 13.2. The Labute approximate surface area is 152 Å². The van der Waals surface area contributed by atoms with Gasteiger partial charge in [-0.05, 0) is 38.8 Å². The van der Waals surface area contributed by atoms with Crippen molar-refractivity contribution in [2.45, 2.75) is 50.7 Å². The van der Waals surface area contributed by atoms with Gasteiger partial charge >= 0.3 is 0 Å². The lowest BCUT2D eigenvalue weighted by molar-refractivity contribution is 0.0935. The zero-order chi connectivity index (χ0) is 18.9. The number of carbonyl (C=O) groups is 1. The van der Waals surface area contributed by atoms with Crippen LogP contribution >= 0.6 is 0 Å². The third-order valence-corrected chi connectivity index (χ3v) is 5.09. The van der Waals surface area contributed by atoms with Gasteiger partial charge in [-0.25, -0.2) is 4.99 Å². The number of carbonyl (C=O) groups excluding carboxylic acids is 1. The fourth-order valence-electron chi connectivity index (χ4n) is 3.88. The molecule has 1 aromatic rings. The molecule has 7 heteroatoms. The van der Waals surface area contributed by atoms with Gasteiger partial charge in [0.1, 0.15) is 17.0 Å². The molecule has 1 aliphatic carbocycles. The molecule has 26 heavy (non-hydrogen) atoms. The summed E-state index contributed by atoms with van der Waals surface area (Å²) in [4.78, 5) is 29.4. The summed E-state index contributed by atoms with van der Waals surface area (Å²) < 4.78 is 1.51. The van der Waals surface area contributed by atoms with Crippen LogP contribution < -0.4 is 21.9 Å². The normalized spacial score (nSPS) is 20.5. The number of aromatic nitrogens is 1. The van der Waals surface area contributed by atoms with E-state index in [1.807, 2.05) is 6.08 Å². The molecule has 3 rings (SSSR count). The first-order valence-electron chi connectivity index (χ1n) is 8.78. The summed E-state index contributed by atoms with van der Waals surface area (Å²) in [5.41, 5.74) is 5.38. The molecule has 0 radical (unpaired) electrons. The predicted octanol–water partition coefficient (Wildman–Crippen LogP) is 2.15. The van der Waals surface area contributed by atoms with E-state index in [-0.39, 0.29) is 17.0 Å². The molecule has 0 saturated heterocycles. The van der Waals surface area contributed by atoms with Gasteiger partial charge in [-0.15, -0.1) is 0 Å². The average Bonchev–Trinajstić information content (AvgIpc) is 3.13. The largest absolute Gasteiger partial charge is 0.390 e. The van der Waals surface area contributed by atoms with Gasteiger partial charge in [0.15, 0.2) is 0 Å². The van der Waals surface area contributed by atoms with E-state index >= 15 is 0 Å². The highest BCUT2D eigenvalue weighted by Crippen LogP contribution is 2.35. The summed E-state index contributed by atoms with van der Waals surface area (Å²) in [6.07, 6.45) is 10.4. The van der Waals surface area contributed by atoms with Gasteiger partial charge in [0.25, 0.3) is 11.5 Å². The van der Waals surface area contributed by atoms with E-state index in [4.69, 9.17) is 5.73 Å². The van der Waals surface area contributed by atoms with Crippen molar-refractivity contribution < 1.29 is 4.79 Å². The maximum absolute atomic E-state index is 13.2. The molecule has 1 aliphatic heterocycles. The van der Waals surface area contributed by atoms with Crippen LogP contribution in [0.3, 0.4) is 0 Å². The summed E-state index contributed by atoms with van der Waals surface area (Å²) in [6, 6.07) is 1.71. The van der Waals surface area contributed by atoms with Crippen molar-refractivity contribution in [3.63, 3.8) is 0 Å². The standard InChI is InChI=1S/C19H25N5O2/c1-4-13-11-14(17(26)24-15(13)16(25)23-18(24,2)3)22-19(7-5-6-8-19)9-10-21-12-20/h4,9-12,22H,1,5-8H2,2-3H3,(H2,20,21)(H,23,25)/b10-9-. The molecular weight excluding hydrogens is 330 g/mol. The topological polar surface area (TPSA) is 102 Å². The molecule has 2 aliphatic rings. The monoisotopic (exact) mass is 355 g/mol. The van der Waals surface area contributed by atoms with Crippen molar-refractivity contribution in [2.24, 2.45) is 10.7 Å². The number of nitrogens with zero attached hydrogens (tertiary/aromatic N) is 2. The third-order valence-electron chi connectivity index (χ3n) is 5.09. The quantitative estimate of drug-likeness (QED) is 0.556. The summed E-state index contributed by atoms with van der Waals surface area (Å²) in [7, 11) is 0. The van der Waals surface area contributed by atoms with Gasteiger partial charge in [-0.2, -0.15) is 0 Å². The second-order valence-electron chi connectivity index (χ2n) is 7.32. The minimum Gasteiger partial charge on any atom is -0.390 e. The fraction of sp³-hybridized carbons (Fsp3) is 0.421. The molecule has 4 N–H and O–H groups in total. The van der Waals surface area contributed by atoms with Crippen LogP contribution in [0.1, 0.15) is 55.6 Å². The molecule has 7 nitrogen and oxygen atoms in total. The molecular formula is C19H25N5O2. The smallest absolute Gasteiger partial charge is 0.276 e. The van der Waals surface area contributed by atoms with Gasteiger partial charge in [-0.1, -0.05) is 25.5 Å². The summed E-state index contributed by atoms with van der Waals surface area (Å²) in [6.45, 7) is 7.41. The predicted molar refractivity (Wildman–Crippen MR) is 104 cm³/mol. The molecule has 1 aromatic heterocycles. The molecule has 0 aromatic carbocycles. The minimum atomic E-state index is -0.790. The Bertz CT molecular complexity index is 857. The van der Waals surface area contributed by atoms with Gasteiger partial charge < -0.3 is 16.4 Å². The highest BCUT2D eigenvalue weighted by molar-refractivity contribution is 5.98. The molecule has 0 bridgehead atoms. The van der Waals surface area contributed by atoms with E-state index in [1.165, 1.54) is 10.9 Å². The zero-order valence-corrected chi connectivity index (χ0v) is 15.2. The number of nitrogens with two attached hydrogens (primary N) is 1. The highest BCUT2D eigenvalue weighted by Gasteiger charge is 2.39. The lowest BCUT2D eigenvalue weighted by Crippen LogP contribution is -2.44. The minimum absolute atomic E-state index is 0.226. The molecule has 2 heterocycles. The number of rotatable bonds is 5. The van der Waals surface area contributed by atoms with Crippen LogP contribution in [0.2, 0.25) is 0 Å². The molecule has 0 atom stereocenters. The first-order valence-corrected chi connectivity index (χ1v) is 8.78. The molecule has 1 amide bonds. The van der Waals surface area contributed by atoms with Gasteiger partial charge in [0, 0.05) is 11.8 Å². The van der Waals surface area contributed by atoms with Crippen LogP contribution in [0.15, 0.2) is 34.7 Å². The maximum Gasteiger partial charge on any atom is 0.276 e. The Hall–Kier alpha value is -2.83. The van der Waals surface area contributed by atoms with E-state index in [1.54, 1.807) is 32.2 Å². The number of hydrogen-bond donors (Lipinski definition) is 3. The van der Waals surface area contributed by atoms with E-state index in [0.29, 0.717) is 16.9 Å². The lowest BCUT2D eigenvalue weighted by Gasteiger charge is -2.29. The van der Waals surface area contributed by atoms with Crippen molar-refractivity contribution in [3.8, 4) is 0 Å². The molecule has 0 unspecified atom stereocenters. The lowest BCUT2D eigenvalue weighted by atomic mass is 9.96. The Balaban J connectivity index is 2.10. The van der Waals surface area contributed by atoms with Crippen LogP contribution in [0, 0.1) is 0 Å². The second kappa shape index (κ2) is 6.48. The number of hydrogen-bond acceptors (Lipinski definition) is 4. The third kappa shape index (κ3) is 2.94. The van der Waals surface area contributed by atoms with E-state index in [0.717, 1.165) is 25.7 Å². The number of anilines is 1. The summed E-state index contributed by atoms with van der Waals surface area (Å²) >= 11 is 0. The second-order valence-corrected chi connectivity index (χ2v) is 7.32. The van der Waals surface area contributed by atoms with E-state index < -0.39 is 5.66 Å². The molecule has 0 spiro atoms. The summed E-state index contributed by atoms with van der Waals surface area (Å²) in [5.74, 6) is -0.263. The number of amides is 1. The average molecular weight is 355 g/mol. The molecule has 138 valence electrons. The molecule has 1 saturated carbocycles. The van der Waals surface area contributed by atoms with Crippen LogP contribution in [0.25, 0.3) is 6.08 Å². The van der Waals surface area contributed by atoms with Crippen molar-refractivity contribution in [1.82, 2.24) is 9.88 Å². The number of nitrogens with one attached hydrogen (secondary N) is 2. The van der Waals surface area contributed by atoms with E-state index in [9.17, 15) is 9.59 Å². The first-order chi connectivity index (χ1) is 12.3. The Morgan fingerprint density at radius 1 is 1.35 bits per heavy atom. The Kier molecular flexibility index (Phi) is 4.48. The van der Waals surface area contributed by atoms with Crippen LogP contribution in [0.4, 0.5) is 5.69 Å². The fourth-order valence-corrected chi connectivity index (χ4v) is 3.88. The van der Waals surface area contributed by atoms with Gasteiger partial charge in [-0.3, -0.25) is 14.2 Å². The summed E-state index contributed by atoms with van der Waals surface area (Å²) in [5, 5.41) is 6.26. The van der Waals surface area contributed by atoms with Crippen molar-refractivity contribution in [1.29, 1.82) is 0 Å². The van der Waals surface area contributed by atoms with Crippen molar-refractivity contribution in [2.75, 3.05) is 5.32 Å². The Morgan fingerprint density at radius 3 is 2.65 bits per heavy atom. The van der Waals surface area contributed by atoms with Crippen molar-refractivity contribution in [3.05, 3.63) is 46.5 Å². The number of pyridine rings is 1. The van der Waals surface area contributed by atoms with Crippen LogP contribution in [-0.4, -0.2) is 22.4 Å². The zero-order valence-electron chi connectivity index (χ0n) is 15.2. The Morgan fingerprint density at radius 2 is 2.04 bits per heavy atom. The van der Waals surface area contributed by atoms with Crippen LogP contribution in [-0.2, 0) is 5.66 Å². The van der Waals surface area contributed by atoms with Crippen LogP contribution in [0.5, 0.6) is 0 Å². The van der Waals surface area contributed by atoms with E-state index in [2.05, 4.69) is 22.2 Å². The van der Waals surface area contributed by atoms with Crippen molar-refractivity contribution >= 4 is 24.0 Å². The number of aliphatic imine (C=N–C) groups is 1. The van der Waals surface area contributed by atoms with Gasteiger partial charge in [0.2, 0.25) is 0 Å². The first kappa shape index (κ1) is 18.0.